The Morgan fingerprint density at radius 2 is 1.44 bits per heavy atom. The van der Waals surface area contributed by atoms with E-state index >= 15 is 0 Å². The van der Waals surface area contributed by atoms with Gasteiger partial charge >= 0.3 is 0 Å². The molecule has 4 rings (SSSR count). The highest BCUT2D eigenvalue weighted by molar-refractivity contribution is 5.83. The maximum absolute atomic E-state index is 3.56. The minimum atomic E-state index is 0.171. The molecule has 0 amide bonds. The fraction of sp³-hybridized carbons (Fsp3) is 0.250. The molecule has 1 aliphatic rings. The molecule has 0 radical (unpaired) electrons. The van der Waals surface area contributed by atoms with Crippen LogP contribution in [0.3, 0.4) is 0 Å². The molecule has 0 spiro atoms. The molecule has 1 saturated heterocycles. The van der Waals surface area contributed by atoms with Gasteiger partial charge in [0.1, 0.15) is 0 Å². The molecule has 1 heterocycles. The van der Waals surface area contributed by atoms with Crippen molar-refractivity contribution in [3.8, 4) is 11.8 Å². The van der Waals surface area contributed by atoms with Gasteiger partial charge in [-0.05, 0) is 60.5 Å². The second-order valence-electron chi connectivity index (χ2n) is 6.74. The first kappa shape index (κ1) is 15.9. The van der Waals surface area contributed by atoms with Crippen LogP contribution < -0.4 is 0 Å². The van der Waals surface area contributed by atoms with Gasteiger partial charge in [0.2, 0.25) is 0 Å². The molecule has 1 atom stereocenters. The average molecular weight is 325 g/mol. The lowest BCUT2D eigenvalue weighted by atomic mass is 9.98. The van der Waals surface area contributed by atoms with Crippen molar-refractivity contribution in [3.05, 3.63) is 83.9 Å². The Hall–Kier alpha value is -2.56. The van der Waals surface area contributed by atoms with E-state index in [0.29, 0.717) is 0 Å². The van der Waals surface area contributed by atoms with E-state index < -0.39 is 0 Å². The van der Waals surface area contributed by atoms with Gasteiger partial charge in [-0.3, -0.25) is 4.90 Å². The zero-order valence-corrected chi connectivity index (χ0v) is 14.5. The highest BCUT2D eigenvalue weighted by Crippen LogP contribution is 2.27. The Morgan fingerprint density at radius 3 is 2.24 bits per heavy atom. The third kappa shape index (κ3) is 3.76. The molecule has 1 nitrogen and oxygen atoms in total. The number of nitrogens with zero attached hydrogens (tertiary/aromatic N) is 1. The summed E-state index contributed by atoms with van der Waals surface area (Å²) in [7, 11) is 0. The first-order chi connectivity index (χ1) is 12.4. The minimum absolute atomic E-state index is 0.171. The molecule has 0 aromatic heterocycles. The van der Waals surface area contributed by atoms with Crippen LogP contribution in [0.4, 0.5) is 0 Å². The van der Waals surface area contributed by atoms with Crippen LogP contribution in [0.25, 0.3) is 10.8 Å². The highest BCUT2D eigenvalue weighted by atomic mass is 15.2. The van der Waals surface area contributed by atoms with Gasteiger partial charge in [0.25, 0.3) is 0 Å². The molecule has 0 aliphatic carbocycles. The monoisotopic (exact) mass is 325 g/mol. The lowest BCUT2D eigenvalue weighted by Crippen LogP contribution is -2.33. The van der Waals surface area contributed by atoms with Gasteiger partial charge in [0.15, 0.2) is 0 Å². The highest BCUT2D eigenvalue weighted by Gasteiger charge is 2.20. The molecule has 1 unspecified atom stereocenters. The molecule has 0 N–H and O–H groups in total. The molecule has 0 bridgehead atoms. The summed E-state index contributed by atoms with van der Waals surface area (Å²) in [5.74, 6) is 6.96. The van der Waals surface area contributed by atoms with Gasteiger partial charge in [0.05, 0.1) is 6.04 Å². The van der Waals surface area contributed by atoms with Crippen molar-refractivity contribution in [1.29, 1.82) is 0 Å². The lowest BCUT2D eigenvalue weighted by Gasteiger charge is -2.32. The van der Waals surface area contributed by atoms with Crippen molar-refractivity contribution in [2.75, 3.05) is 13.1 Å². The van der Waals surface area contributed by atoms with Gasteiger partial charge in [-0.2, -0.15) is 0 Å². The van der Waals surface area contributed by atoms with Gasteiger partial charge in [0, 0.05) is 5.56 Å². The van der Waals surface area contributed by atoms with E-state index in [-0.39, 0.29) is 6.04 Å². The number of benzene rings is 3. The molecule has 3 aromatic rings. The van der Waals surface area contributed by atoms with Crippen LogP contribution in [-0.4, -0.2) is 18.0 Å². The van der Waals surface area contributed by atoms with E-state index in [1.807, 2.05) is 6.07 Å². The van der Waals surface area contributed by atoms with Crippen LogP contribution in [0, 0.1) is 11.8 Å². The second kappa shape index (κ2) is 7.55. The SMILES string of the molecule is C(#CC(c1ccc2ccccc2c1)N1CCCCC1)c1ccccc1. The minimum Gasteiger partial charge on any atom is -0.286 e. The van der Waals surface area contributed by atoms with Crippen LogP contribution in [-0.2, 0) is 0 Å². The van der Waals surface area contributed by atoms with Crippen molar-refractivity contribution in [2.24, 2.45) is 0 Å². The Morgan fingerprint density at radius 1 is 0.720 bits per heavy atom. The summed E-state index contributed by atoms with van der Waals surface area (Å²) < 4.78 is 0. The zero-order chi connectivity index (χ0) is 16.9. The summed E-state index contributed by atoms with van der Waals surface area (Å²) in [6, 6.07) is 25.8. The lowest BCUT2D eigenvalue weighted by molar-refractivity contribution is 0.197. The van der Waals surface area contributed by atoms with Gasteiger partial charge in [-0.15, -0.1) is 0 Å². The number of hydrogen-bond acceptors (Lipinski definition) is 1. The van der Waals surface area contributed by atoms with Crippen molar-refractivity contribution < 1.29 is 0 Å². The standard InChI is InChI=1S/C24H23N/c1-3-9-20(10-4-1)13-16-24(25-17-7-2-8-18-25)23-15-14-21-11-5-6-12-22(21)19-23/h1,3-6,9-12,14-15,19,24H,2,7-8,17-18H2. The Balaban J connectivity index is 1.72. The molecule has 3 aromatic carbocycles. The predicted octanol–water partition coefficient (Wildman–Crippen LogP) is 5.42. The van der Waals surface area contributed by atoms with Crippen molar-refractivity contribution in [1.82, 2.24) is 4.90 Å². The first-order valence-corrected chi connectivity index (χ1v) is 9.19. The quantitative estimate of drug-likeness (QED) is 0.569. The molecule has 25 heavy (non-hydrogen) atoms. The summed E-state index contributed by atoms with van der Waals surface area (Å²) in [5, 5.41) is 2.59. The Kier molecular flexibility index (Phi) is 4.81. The molecular weight excluding hydrogens is 302 g/mol. The van der Waals surface area contributed by atoms with E-state index in [4.69, 9.17) is 0 Å². The number of hydrogen-bond donors (Lipinski definition) is 0. The largest absolute Gasteiger partial charge is 0.286 e. The van der Waals surface area contributed by atoms with Crippen LogP contribution in [0.1, 0.15) is 36.4 Å². The summed E-state index contributed by atoms with van der Waals surface area (Å²) in [6.07, 6.45) is 3.89. The average Bonchev–Trinajstić information content (AvgIpc) is 2.70. The van der Waals surface area contributed by atoms with Crippen LogP contribution in [0.15, 0.2) is 72.8 Å². The van der Waals surface area contributed by atoms with Crippen LogP contribution in [0.5, 0.6) is 0 Å². The molecular formula is C24H23N. The number of rotatable bonds is 2. The van der Waals surface area contributed by atoms with Crippen LogP contribution >= 0.6 is 0 Å². The second-order valence-corrected chi connectivity index (χ2v) is 6.74. The fourth-order valence-electron chi connectivity index (χ4n) is 3.61. The van der Waals surface area contributed by atoms with E-state index in [0.717, 1.165) is 18.7 Å². The third-order valence-electron chi connectivity index (χ3n) is 4.97. The molecule has 1 heteroatoms. The number of piperidine rings is 1. The van der Waals surface area contributed by atoms with E-state index in [1.54, 1.807) is 0 Å². The van der Waals surface area contributed by atoms with Crippen molar-refractivity contribution in [3.63, 3.8) is 0 Å². The molecule has 0 saturated carbocycles. The maximum atomic E-state index is 3.56. The molecule has 124 valence electrons. The smallest absolute Gasteiger partial charge is 0.0974 e. The summed E-state index contributed by atoms with van der Waals surface area (Å²) in [6.45, 7) is 2.28. The maximum Gasteiger partial charge on any atom is 0.0974 e. The molecule has 1 aliphatic heterocycles. The van der Waals surface area contributed by atoms with Crippen molar-refractivity contribution >= 4 is 10.8 Å². The van der Waals surface area contributed by atoms with Gasteiger partial charge < -0.3 is 0 Å². The topological polar surface area (TPSA) is 3.24 Å². The van der Waals surface area contributed by atoms with E-state index in [9.17, 15) is 0 Å². The summed E-state index contributed by atoms with van der Waals surface area (Å²) in [5.41, 5.74) is 2.40. The van der Waals surface area contributed by atoms with Gasteiger partial charge in [-0.25, -0.2) is 0 Å². The van der Waals surface area contributed by atoms with Crippen molar-refractivity contribution in [2.45, 2.75) is 25.3 Å². The summed E-state index contributed by atoms with van der Waals surface area (Å²) >= 11 is 0. The van der Waals surface area contributed by atoms with Crippen LogP contribution in [0.2, 0.25) is 0 Å². The fourth-order valence-corrected chi connectivity index (χ4v) is 3.61. The predicted molar refractivity (Wildman–Crippen MR) is 105 cm³/mol. The number of fused-ring (bicyclic) bond motifs is 1. The normalized spacial score (nSPS) is 16.2. The molecule has 1 fully saturated rings. The summed E-state index contributed by atoms with van der Waals surface area (Å²) in [4.78, 5) is 2.55. The third-order valence-corrected chi connectivity index (χ3v) is 4.97. The van der Waals surface area contributed by atoms with E-state index in [2.05, 4.69) is 83.5 Å². The zero-order valence-electron chi connectivity index (χ0n) is 14.5. The Labute approximate surface area is 150 Å². The Bertz CT molecular complexity index is 895. The number of likely N-dealkylation sites (tertiary alicyclic amines) is 1. The first-order valence-electron chi connectivity index (χ1n) is 9.19. The van der Waals surface area contributed by atoms with Gasteiger partial charge in [-0.1, -0.05) is 72.9 Å². The van der Waals surface area contributed by atoms with E-state index in [1.165, 1.54) is 35.6 Å².